The molecule has 0 aromatic carbocycles. The Labute approximate surface area is 151 Å². The van der Waals surface area contributed by atoms with Gasteiger partial charge >= 0.3 is 0 Å². The highest BCUT2D eigenvalue weighted by atomic mass is 16.1. The average Bonchev–Trinajstić information content (AvgIpc) is 2.69. The number of carbonyl (C=O) groups excluding carboxylic acids is 1. The van der Waals surface area contributed by atoms with Crippen LogP contribution in [0.1, 0.15) is 19.8 Å². The van der Waals surface area contributed by atoms with Gasteiger partial charge in [-0.05, 0) is 31.5 Å². The number of pyridine rings is 1. The van der Waals surface area contributed by atoms with E-state index in [-0.39, 0.29) is 11.8 Å². The first-order chi connectivity index (χ1) is 12.3. The number of aromatic nitrogens is 1. The van der Waals surface area contributed by atoms with Crippen LogP contribution in [0.25, 0.3) is 0 Å². The SMILES string of the molecule is CCN1CCN(CCNC(=O)[C@H]2CCCN(c3ccccn3)C2)CC1. The Morgan fingerprint density at radius 3 is 2.72 bits per heavy atom. The van der Waals surface area contributed by atoms with Crippen molar-refractivity contribution in [1.82, 2.24) is 20.1 Å². The third-order valence-corrected chi connectivity index (χ3v) is 5.40. The number of nitrogens with zero attached hydrogens (tertiary/aromatic N) is 4. The Morgan fingerprint density at radius 2 is 2.00 bits per heavy atom. The number of nitrogens with one attached hydrogen (secondary N) is 1. The minimum Gasteiger partial charge on any atom is -0.356 e. The van der Waals surface area contributed by atoms with Crippen LogP contribution in [0.3, 0.4) is 0 Å². The fraction of sp³-hybridized carbons (Fsp3) is 0.684. The molecule has 1 amide bonds. The normalized spacial score (nSPS) is 22.8. The van der Waals surface area contributed by atoms with Gasteiger partial charge in [-0.2, -0.15) is 0 Å². The van der Waals surface area contributed by atoms with Gasteiger partial charge in [0.2, 0.25) is 5.91 Å². The van der Waals surface area contributed by atoms with E-state index < -0.39 is 0 Å². The van der Waals surface area contributed by atoms with Crippen molar-refractivity contribution in [2.45, 2.75) is 19.8 Å². The molecule has 0 bridgehead atoms. The molecule has 0 saturated carbocycles. The minimum absolute atomic E-state index is 0.0766. The van der Waals surface area contributed by atoms with Crippen LogP contribution in [0, 0.1) is 5.92 Å². The first-order valence-corrected chi connectivity index (χ1v) is 9.64. The summed E-state index contributed by atoms with van der Waals surface area (Å²) in [6, 6.07) is 5.96. The van der Waals surface area contributed by atoms with Crippen molar-refractivity contribution >= 4 is 11.7 Å². The van der Waals surface area contributed by atoms with Crippen LogP contribution in [0.5, 0.6) is 0 Å². The lowest BCUT2D eigenvalue weighted by molar-refractivity contribution is -0.125. The Kier molecular flexibility index (Phi) is 6.64. The summed E-state index contributed by atoms with van der Waals surface area (Å²) in [6.45, 7) is 11.3. The van der Waals surface area contributed by atoms with Crippen LogP contribution in [0.15, 0.2) is 24.4 Å². The molecule has 0 radical (unpaired) electrons. The van der Waals surface area contributed by atoms with Crippen molar-refractivity contribution in [3.8, 4) is 0 Å². The largest absolute Gasteiger partial charge is 0.356 e. The molecule has 1 aromatic rings. The summed E-state index contributed by atoms with van der Waals surface area (Å²) in [7, 11) is 0. The third-order valence-electron chi connectivity index (χ3n) is 5.40. The number of amides is 1. The molecule has 1 N–H and O–H groups in total. The van der Waals surface area contributed by atoms with E-state index >= 15 is 0 Å². The van der Waals surface area contributed by atoms with E-state index in [0.717, 1.165) is 77.6 Å². The van der Waals surface area contributed by atoms with Gasteiger partial charge in [-0.3, -0.25) is 9.69 Å². The Balaban J connectivity index is 1.39. The van der Waals surface area contributed by atoms with Crippen molar-refractivity contribution in [2.24, 2.45) is 5.92 Å². The summed E-state index contributed by atoms with van der Waals surface area (Å²) in [5.41, 5.74) is 0. The lowest BCUT2D eigenvalue weighted by Crippen LogP contribution is -2.49. The van der Waals surface area contributed by atoms with Gasteiger partial charge in [0.15, 0.2) is 0 Å². The number of hydrogen-bond acceptors (Lipinski definition) is 5. The summed E-state index contributed by atoms with van der Waals surface area (Å²) < 4.78 is 0. The van der Waals surface area contributed by atoms with Crippen LogP contribution in [-0.4, -0.2) is 79.6 Å². The summed E-state index contributed by atoms with van der Waals surface area (Å²) in [6.07, 6.45) is 3.84. The average molecular weight is 345 g/mol. The maximum atomic E-state index is 12.5. The molecular formula is C19H31N5O. The van der Waals surface area contributed by atoms with E-state index in [0.29, 0.717) is 0 Å². The van der Waals surface area contributed by atoms with Crippen LogP contribution in [-0.2, 0) is 4.79 Å². The fourth-order valence-electron chi connectivity index (χ4n) is 3.75. The summed E-state index contributed by atoms with van der Waals surface area (Å²) >= 11 is 0. The second-order valence-electron chi connectivity index (χ2n) is 7.04. The lowest BCUT2D eigenvalue weighted by Gasteiger charge is -2.34. The fourth-order valence-corrected chi connectivity index (χ4v) is 3.75. The van der Waals surface area contributed by atoms with Crippen molar-refractivity contribution in [3.05, 3.63) is 24.4 Å². The second-order valence-corrected chi connectivity index (χ2v) is 7.04. The maximum Gasteiger partial charge on any atom is 0.224 e. The first-order valence-electron chi connectivity index (χ1n) is 9.64. The minimum atomic E-state index is 0.0766. The Morgan fingerprint density at radius 1 is 1.20 bits per heavy atom. The van der Waals surface area contributed by atoms with Gasteiger partial charge < -0.3 is 15.1 Å². The van der Waals surface area contributed by atoms with Crippen LogP contribution in [0.2, 0.25) is 0 Å². The Bertz CT molecular complexity index is 530. The summed E-state index contributed by atoms with van der Waals surface area (Å²) in [4.78, 5) is 24.1. The first kappa shape index (κ1) is 18.1. The van der Waals surface area contributed by atoms with Crippen LogP contribution in [0.4, 0.5) is 5.82 Å². The number of anilines is 1. The van der Waals surface area contributed by atoms with Gasteiger partial charge in [-0.1, -0.05) is 13.0 Å². The smallest absolute Gasteiger partial charge is 0.224 e. The van der Waals surface area contributed by atoms with E-state index in [4.69, 9.17) is 0 Å². The molecule has 0 aliphatic carbocycles. The predicted octanol–water partition coefficient (Wildman–Crippen LogP) is 1.05. The molecule has 3 heterocycles. The molecule has 138 valence electrons. The van der Waals surface area contributed by atoms with Crippen molar-refractivity contribution in [1.29, 1.82) is 0 Å². The highest BCUT2D eigenvalue weighted by molar-refractivity contribution is 5.79. The standard InChI is InChI=1S/C19H31N5O/c1-2-22-12-14-23(15-13-22)11-9-21-19(25)17-6-5-10-24(16-17)18-7-3-4-8-20-18/h3-4,7-8,17H,2,5-6,9-16H2,1H3,(H,21,25)/t17-/m0/s1. The summed E-state index contributed by atoms with van der Waals surface area (Å²) in [5.74, 6) is 1.26. The number of piperidine rings is 1. The van der Waals surface area contributed by atoms with Gasteiger partial charge in [0.1, 0.15) is 5.82 Å². The molecule has 3 rings (SSSR count). The summed E-state index contributed by atoms with van der Waals surface area (Å²) in [5, 5.41) is 3.16. The second kappa shape index (κ2) is 9.15. The van der Waals surface area contributed by atoms with Crippen molar-refractivity contribution in [2.75, 3.05) is 63.8 Å². The molecule has 6 heteroatoms. The third kappa shape index (κ3) is 5.16. The van der Waals surface area contributed by atoms with E-state index in [1.165, 1.54) is 0 Å². The maximum absolute atomic E-state index is 12.5. The zero-order valence-corrected chi connectivity index (χ0v) is 15.4. The number of likely N-dealkylation sites (N-methyl/N-ethyl adjacent to an activating group) is 1. The molecule has 2 saturated heterocycles. The molecule has 1 aromatic heterocycles. The topological polar surface area (TPSA) is 51.7 Å². The van der Waals surface area contributed by atoms with E-state index in [2.05, 4.69) is 31.9 Å². The molecule has 0 spiro atoms. The molecule has 1 atom stereocenters. The molecule has 2 aliphatic rings. The van der Waals surface area contributed by atoms with Gasteiger partial charge in [0.25, 0.3) is 0 Å². The number of hydrogen-bond donors (Lipinski definition) is 1. The number of piperazine rings is 1. The Hall–Kier alpha value is -1.66. The van der Waals surface area contributed by atoms with Crippen LogP contribution < -0.4 is 10.2 Å². The highest BCUT2D eigenvalue weighted by Crippen LogP contribution is 2.21. The molecule has 0 unspecified atom stereocenters. The molecule has 25 heavy (non-hydrogen) atoms. The monoisotopic (exact) mass is 345 g/mol. The van der Waals surface area contributed by atoms with Gasteiger partial charge in [0.05, 0.1) is 5.92 Å². The molecule has 2 fully saturated rings. The van der Waals surface area contributed by atoms with Gasteiger partial charge in [-0.15, -0.1) is 0 Å². The van der Waals surface area contributed by atoms with E-state index in [1.807, 2.05) is 24.4 Å². The van der Waals surface area contributed by atoms with Crippen LogP contribution >= 0.6 is 0 Å². The quantitative estimate of drug-likeness (QED) is 0.835. The number of carbonyl (C=O) groups is 1. The van der Waals surface area contributed by atoms with Crippen molar-refractivity contribution < 1.29 is 4.79 Å². The van der Waals surface area contributed by atoms with E-state index in [1.54, 1.807) is 0 Å². The zero-order valence-electron chi connectivity index (χ0n) is 15.4. The zero-order chi connectivity index (χ0) is 17.5. The highest BCUT2D eigenvalue weighted by Gasteiger charge is 2.26. The van der Waals surface area contributed by atoms with E-state index in [9.17, 15) is 4.79 Å². The molecular weight excluding hydrogens is 314 g/mol. The van der Waals surface area contributed by atoms with Gasteiger partial charge in [-0.25, -0.2) is 4.98 Å². The van der Waals surface area contributed by atoms with Gasteiger partial charge in [0, 0.05) is 58.6 Å². The van der Waals surface area contributed by atoms with Crippen molar-refractivity contribution in [3.63, 3.8) is 0 Å². The number of rotatable bonds is 6. The molecule has 2 aliphatic heterocycles. The predicted molar refractivity (Wildman–Crippen MR) is 101 cm³/mol. The molecule has 6 nitrogen and oxygen atoms in total. The lowest BCUT2D eigenvalue weighted by atomic mass is 9.97.